The molecule has 0 saturated heterocycles. The van der Waals surface area contributed by atoms with Crippen molar-refractivity contribution in [1.82, 2.24) is 10.3 Å². The first-order chi connectivity index (χ1) is 12.7. The van der Waals surface area contributed by atoms with Crippen LogP contribution in [0.5, 0.6) is 5.75 Å². The third kappa shape index (κ3) is 4.25. The number of rotatable bonds is 5. The van der Waals surface area contributed by atoms with Gasteiger partial charge in [0.2, 0.25) is 0 Å². The molecular weight excluding hydrogens is 370 g/mol. The van der Waals surface area contributed by atoms with E-state index in [0.717, 1.165) is 57.0 Å². The molecule has 144 valence electrons. The number of hydrogen-bond donors (Lipinski definition) is 2. The van der Waals surface area contributed by atoms with Gasteiger partial charge in [0, 0.05) is 35.6 Å². The molecular formula is C21H23ClF2N2O. The largest absolute Gasteiger partial charge is 0.490 e. The van der Waals surface area contributed by atoms with Gasteiger partial charge < -0.3 is 15.0 Å². The first-order valence-electron chi connectivity index (χ1n) is 9.12. The summed E-state index contributed by atoms with van der Waals surface area (Å²) in [5.74, 6) is -1.04. The van der Waals surface area contributed by atoms with Gasteiger partial charge in [-0.1, -0.05) is 12.1 Å². The third-order valence-corrected chi connectivity index (χ3v) is 4.95. The Kier molecular flexibility index (Phi) is 6.34. The number of fused-ring (bicyclic) bond motifs is 3. The molecule has 3 aromatic rings. The predicted octanol–water partition coefficient (Wildman–Crippen LogP) is 4.57. The molecule has 0 fully saturated rings. The molecule has 2 heterocycles. The molecule has 0 spiro atoms. The predicted molar refractivity (Wildman–Crippen MR) is 106 cm³/mol. The summed E-state index contributed by atoms with van der Waals surface area (Å²) in [5.41, 5.74) is 5.21. The van der Waals surface area contributed by atoms with Crippen LogP contribution in [-0.4, -0.2) is 24.7 Å². The van der Waals surface area contributed by atoms with E-state index in [4.69, 9.17) is 4.74 Å². The van der Waals surface area contributed by atoms with Crippen molar-refractivity contribution < 1.29 is 13.5 Å². The fourth-order valence-electron chi connectivity index (χ4n) is 3.73. The summed E-state index contributed by atoms with van der Waals surface area (Å²) in [4.78, 5) is 3.56. The van der Waals surface area contributed by atoms with Crippen LogP contribution in [0.15, 0.2) is 36.4 Å². The van der Waals surface area contributed by atoms with E-state index < -0.39 is 11.6 Å². The van der Waals surface area contributed by atoms with Gasteiger partial charge >= 0.3 is 0 Å². The van der Waals surface area contributed by atoms with E-state index in [2.05, 4.69) is 28.5 Å². The van der Waals surface area contributed by atoms with E-state index in [1.54, 1.807) is 0 Å². The average Bonchev–Trinajstić information content (AvgIpc) is 2.84. The van der Waals surface area contributed by atoms with Gasteiger partial charge in [0.25, 0.3) is 0 Å². The summed E-state index contributed by atoms with van der Waals surface area (Å²) in [7, 11) is 0. The Morgan fingerprint density at radius 3 is 2.78 bits per heavy atom. The molecule has 0 unspecified atom stereocenters. The fraction of sp³-hybridized carbons (Fsp3) is 0.333. The second-order valence-electron chi connectivity index (χ2n) is 6.70. The van der Waals surface area contributed by atoms with Gasteiger partial charge in [-0.15, -0.1) is 12.4 Å². The minimum absolute atomic E-state index is 0. The van der Waals surface area contributed by atoms with Crippen LogP contribution in [0, 0.1) is 11.6 Å². The van der Waals surface area contributed by atoms with Crippen LogP contribution in [-0.2, 0) is 19.3 Å². The Morgan fingerprint density at radius 1 is 1.04 bits per heavy atom. The van der Waals surface area contributed by atoms with Crippen molar-refractivity contribution in [2.75, 3.05) is 19.7 Å². The van der Waals surface area contributed by atoms with Gasteiger partial charge in [-0.3, -0.25) is 0 Å². The number of aryl methyl sites for hydroxylation is 1. The van der Waals surface area contributed by atoms with Crippen molar-refractivity contribution in [3.8, 4) is 5.75 Å². The van der Waals surface area contributed by atoms with Crippen molar-refractivity contribution in [1.29, 1.82) is 0 Å². The number of hydrogen-bond acceptors (Lipinski definition) is 2. The maximum atomic E-state index is 13.6. The highest BCUT2D eigenvalue weighted by molar-refractivity contribution is 5.88. The number of aromatic nitrogens is 1. The van der Waals surface area contributed by atoms with Gasteiger partial charge in [-0.05, 0) is 55.1 Å². The monoisotopic (exact) mass is 392 g/mol. The molecule has 2 N–H and O–H groups in total. The summed E-state index contributed by atoms with van der Waals surface area (Å²) in [6.07, 6.45) is 3.63. The Bertz CT molecular complexity index is 926. The van der Waals surface area contributed by atoms with E-state index in [9.17, 15) is 8.78 Å². The zero-order valence-electron chi connectivity index (χ0n) is 15.0. The average molecular weight is 393 g/mol. The van der Waals surface area contributed by atoms with E-state index in [-0.39, 0.29) is 18.2 Å². The molecule has 0 atom stereocenters. The van der Waals surface area contributed by atoms with E-state index in [1.807, 2.05) is 0 Å². The lowest BCUT2D eigenvalue weighted by molar-refractivity contribution is 0.294. The molecule has 0 saturated carbocycles. The SMILES string of the molecule is Cl.Fc1ccc(F)c(OCCCc2cccc3[nH]c4c(c23)CCNCC4)c1. The first-order valence-corrected chi connectivity index (χ1v) is 9.12. The van der Waals surface area contributed by atoms with E-state index in [0.29, 0.717) is 6.61 Å². The molecule has 0 amide bonds. The number of ether oxygens (including phenoxy) is 1. The van der Waals surface area contributed by atoms with Gasteiger partial charge in [-0.2, -0.15) is 0 Å². The maximum Gasteiger partial charge on any atom is 0.165 e. The second kappa shape index (κ2) is 8.72. The minimum atomic E-state index is -0.531. The summed E-state index contributed by atoms with van der Waals surface area (Å²) in [6.45, 7) is 2.35. The maximum absolute atomic E-state index is 13.6. The molecule has 3 nitrogen and oxygen atoms in total. The number of H-pyrrole nitrogens is 1. The molecule has 0 bridgehead atoms. The molecule has 1 aliphatic rings. The van der Waals surface area contributed by atoms with Gasteiger partial charge in [0.05, 0.1) is 6.61 Å². The summed E-state index contributed by atoms with van der Waals surface area (Å²) < 4.78 is 32.2. The molecule has 2 aromatic carbocycles. The lowest BCUT2D eigenvalue weighted by Gasteiger charge is -2.09. The van der Waals surface area contributed by atoms with Gasteiger partial charge in [-0.25, -0.2) is 8.78 Å². The van der Waals surface area contributed by atoms with Gasteiger partial charge in [0.1, 0.15) is 5.82 Å². The second-order valence-corrected chi connectivity index (χ2v) is 6.70. The standard InChI is InChI=1S/C21H22F2N2O.ClH/c22-15-6-7-17(23)20(13-15)26-12-2-4-14-3-1-5-19-21(14)16-8-10-24-11-9-18(16)25-19;/h1,3,5-7,13,24-25H,2,4,8-12H2;1H. The van der Waals surface area contributed by atoms with Crippen LogP contribution >= 0.6 is 12.4 Å². The zero-order chi connectivity index (χ0) is 17.9. The molecule has 1 aliphatic heterocycles. The van der Waals surface area contributed by atoms with E-state index >= 15 is 0 Å². The number of halogens is 3. The number of benzene rings is 2. The minimum Gasteiger partial charge on any atom is -0.490 e. The quantitative estimate of drug-likeness (QED) is 0.624. The van der Waals surface area contributed by atoms with Crippen molar-refractivity contribution >= 4 is 23.3 Å². The number of nitrogens with one attached hydrogen (secondary N) is 2. The summed E-state index contributed by atoms with van der Waals surface area (Å²) >= 11 is 0. The van der Waals surface area contributed by atoms with Crippen LogP contribution in [0.1, 0.15) is 23.2 Å². The normalized spacial score (nSPS) is 13.7. The van der Waals surface area contributed by atoms with Gasteiger partial charge in [0.15, 0.2) is 11.6 Å². The fourth-order valence-corrected chi connectivity index (χ4v) is 3.73. The number of aromatic amines is 1. The summed E-state index contributed by atoms with van der Waals surface area (Å²) in [5, 5.41) is 4.76. The Balaban J connectivity index is 0.00000210. The van der Waals surface area contributed by atoms with Crippen molar-refractivity contribution in [3.63, 3.8) is 0 Å². The Morgan fingerprint density at radius 2 is 1.89 bits per heavy atom. The summed E-state index contributed by atoms with van der Waals surface area (Å²) in [6, 6.07) is 9.62. The van der Waals surface area contributed by atoms with Crippen LogP contribution in [0.4, 0.5) is 8.78 Å². The molecule has 1 aromatic heterocycles. The topological polar surface area (TPSA) is 37.0 Å². The molecule has 4 rings (SSSR count). The van der Waals surface area contributed by atoms with Crippen LogP contribution in [0.25, 0.3) is 10.9 Å². The Hall–Kier alpha value is -2.11. The van der Waals surface area contributed by atoms with Crippen molar-refractivity contribution in [3.05, 3.63) is 64.9 Å². The lowest BCUT2D eigenvalue weighted by Crippen LogP contribution is -2.16. The highest BCUT2D eigenvalue weighted by Crippen LogP contribution is 2.28. The molecule has 6 heteroatoms. The zero-order valence-corrected chi connectivity index (χ0v) is 15.8. The van der Waals surface area contributed by atoms with Crippen LogP contribution in [0.2, 0.25) is 0 Å². The highest BCUT2D eigenvalue weighted by Gasteiger charge is 2.16. The van der Waals surface area contributed by atoms with Crippen molar-refractivity contribution in [2.45, 2.75) is 25.7 Å². The van der Waals surface area contributed by atoms with Crippen LogP contribution in [0.3, 0.4) is 0 Å². The van der Waals surface area contributed by atoms with E-state index in [1.165, 1.54) is 27.7 Å². The molecule has 0 aliphatic carbocycles. The first kappa shape index (κ1) is 19.6. The lowest BCUT2D eigenvalue weighted by atomic mass is 9.99. The molecule has 27 heavy (non-hydrogen) atoms. The Labute approximate surface area is 163 Å². The van der Waals surface area contributed by atoms with Crippen LogP contribution < -0.4 is 10.1 Å². The van der Waals surface area contributed by atoms with Crippen molar-refractivity contribution in [2.24, 2.45) is 0 Å². The third-order valence-electron chi connectivity index (χ3n) is 4.95. The smallest absolute Gasteiger partial charge is 0.165 e. The molecule has 0 radical (unpaired) electrons. The highest BCUT2D eigenvalue weighted by atomic mass is 35.5.